The molecule has 0 fully saturated rings. The molecule has 1 rings (SSSR count). The van der Waals surface area contributed by atoms with Crippen LogP contribution < -0.4 is 10.6 Å². The largest absolute Gasteiger partial charge is 0.449 e. The number of anilines is 2. The van der Waals surface area contributed by atoms with E-state index < -0.39 is 12.2 Å². The van der Waals surface area contributed by atoms with Crippen LogP contribution in [0.15, 0.2) is 24.3 Å². The van der Waals surface area contributed by atoms with Gasteiger partial charge in [-0.05, 0) is 76.1 Å². The fourth-order valence-electron chi connectivity index (χ4n) is 5.29. The van der Waals surface area contributed by atoms with E-state index in [0.717, 1.165) is 52.1 Å². The van der Waals surface area contributed by atoms with E-state index in [-0.39, 0.29) is 0 Å². The maximum absolute atomic E-state index is 12.2. The molecule has 0 saturated carbocycles. The average Bonchev–Trinajstić information content (AvgIpc) is 3.03. The first-order valence-corrected chi connectivity index (χ1v) is 17.9. The molecule has 0 aliphatic heterocycles. The molecular weight excluding hydrogens is 552 g/mol. The van der Waals surface area contributed by atoms with Crippen molar-refractivity contribution >= 4 is 23.6 Å². The SMILES string of the molecule is CCCCCCCCCN(CC)CCCOC(=O)Nc1ccc(NC(=O)OCCCN(CC)CCCCCCCCC)cc1. The van der Waals surface area contributed by atoms with Gasteiger partial charge >= 0.3 is 12.2 Å². The summed E-state index contributed by atoms with van der Waals surface area (Å²) < 4.78 is 10.7. The van der Waals surface area contributed by atoms with E-state index in [2.05, 4.69) is 48.1 Å². The molecule has 44 heavy (non-hydrogen) atoms. The van der Waals surface area contributed by atoms with Crippen molar-refractivity contribution in [1.82, 2.24) is 9.80 Å². The first-order valence-electron chi connectivity index (χ1n) is 17.9. The summed E-state index contributed by atoms with van der Waals surface area (Å²) in [6.07, 6.45) is 19.2. The zero-order valence-corrected chi connectivity index (χ0v) is 28.8. The Kier molecular flexibility index (Phi) is 25.4. The third-order valence-corrected chi connectivity index (χ3v) is 8.13. The highest BCUT2D eigenvalue weighted by atomic mass is 16.6. The smallest absolute Gasteiger partial charge is 0.411 e. The van der Waals surface area contributed by atoms with Crippen LogP contribution in [0.4, 0.5) is 21.0 Å². The van der Waals surface area contributed by atoms with E-state index >= 15 is 0 Å². The third-order valence-electron chi connectivity index (χ3n) is 8.13. The summed E-state index contributed by atoms with van der Waals surface area (Å²) in [5.41, 5.74) is 1.23. The Balaban J connectivity index is 2.14. The van der Waals surface area contributed by atoms with Crippen LogP contribution in [0.1, 0.15) is 130 Å². The van der Waals surface area contributed by atoms with Crippen molar-refractivity contribution < 1.29 is 19.1 Å². The molecule has 8 nitrogen and oxygen atoms in total. The fourth-order valence-corrected chi connectivity index (χ4v) is 5.29. The molecule has 0 spiro atoms. The molecule has 0 aliphatic rings. The summed E-state index contributed by atoms with van der Waals surface area (Å²) in [6.45, 7) is 15.8. The van der Waals surface area contributed by atoms with Crippen LogP contribution in [-0.2, 0) is 9.47 Å². The first-order chi connectivity index (χ1) is 21.5. The third kappa shape index (κ3) is 22.2. The molecule has 1 aromatic rings. The van der Waals surface area contributed by atoms with Crippen LogP contribution in [0.25, 0.3) is 0 Å². The highest BCUT2D eigenvalue weighted by molar-refractivity contribution is 5.87. The molecular formula is C36H66N4O4. The van der Waals surface area contributed by atoms with Gasteiger partial charge in [-0.2, -0.15) is 0 Å². The number of amides is 2. The number of carbonyl (C=O) groups is 2. The molecule has 0 heterocycles. The highest BCUT2D eigenvalue weighted by Crippen LogP contribution is 2.14. The molecule has 0 atom stereocenters. The van der Waals surface area contributed by atoms with Crippen LogP contribution in [-0.4, -0.2) is 74.5 Å². The van der Waals surface area contributed by atoms with Crippen molar-refractivity contribution in [1.29, 1.82) is 0 Å². The molecule has 254 valence electrons. The summed E-state index contributed by atoms with van der Waals surface area (Å²) in [7, 11) is 0. The minimum Gasteiger partial charge on any atom is -0.449 e. The van der Waals surface area contributed by atoms with Gasteiger partial charge in [0.15, 0.2) is 0 Å². The standard InChI is InChI=1S/C36H66N4O4/c1-5-9-11-13-15-17-19-27-39(7-3)29-21-31-43-35(41)37-33-23-25-34(26-24-33)38-36(42)44-32-22-30-40(8-4)28-20-18-16-14-12-10-6-2/h23-26H,5-22,27-32H2,1-4H3,(H,37,41)(H,38,42). The fraction of sp³-hybridized carbons (Fsp3) is 0.778. The molecule has 0 aromatic heterocycles. The lowest BCUT2D eigenvalue weighted by Gasteiger charge is -2.20. The van der Waals surface area contributed by atoms with Crippen LogP contribution in [0.2, 0.25) is 0 Å². The Hall–Kier alpha value is -2.32. The summed E-state index contributed by atoms with van der Waals surface area (Å²) in [5, 5.41) is 5.50. The summed E-state index contributed by atoms with van der Waals surface area (Å²) in [4.78, 5) is 29.3. The number of nitrogens with one attached hydrogen (secondary N) is 2. The van der Waals surface area contributed by atoms with Gasteiger partial charge in [0.1, 0.15) is 0 Å². The number of carbonyl (C=O) groups excluding carboxylic acids is 2. The number of ether oxygens (including phenoxy) is 2. The van der Waals surface area contributed by atoms with Gasteiger partial charge in [-0.1, -0.05) is 105 Å². The molecule has 0 unspecified atom stereocenters. The van der Waals surface area contributed by atoms with Gasteiger partial charge in [-0.3, -0.25) is 10.6 Å². The van der Waals surface area contributed by atoms with E-state index in [1.165, 1.54) is 89.9 Å². The van der Waals surface area contributed by atoms with Crippen molar-refractivity contribution in [3.05, 3.63) is 24.3 Å². The first kappa shape index (κ1) is 39.7. The van der Waals surface area contributed by atoms with Gasteiger partial charge in [0.25, 0.3) is 0 Å². The van der Waals surface area contributed by atoms with Crippen LogP contribution >= 0.6 is 0 Å². The number of unbranched alkanes of at least 4 members (excludes halogenated alkanes) is 12. The predicted molar refractivity (Wildman–Crippen MR) is 186 cm³/mol. The maximum atomic E-state index is 12.2. The van der Waals surface area contributed by atoms with E-state index in [0.29, 0.717) is 24.6 Å². The molecule has 0 radical (unpaired) electrons. The van der Waals surface area contributed by atoms with Gasteiger partial charge in [-0.25, -0.2) is 9.59 Å². The summed E-state index contributed by atoms with van der Waals surface area (Å²) in [5.74, 6) is 0. The molecule has 0 aliphatic carbocycles. The predicted octanol–water partition coefficient (Wildman–Crippen LogP) is 9.71. The number of benzene rings is 1. The second kappa shape index (κ2) is 28.2. The van der Waals surface area contributed by atoms with Gasteiger partial charge < -0.3 is 19.3 Å². The second-order valence-electron chi connectivity index (χ2n) is 11.9. The lowest BCUT2D eigenvalue weighted by atomic mass is 10.1. The summed E-state index contributed by atoms with van der Waals surface area (Å²) in [6, 6.07) is 6.95. The highest BCUT2D eigenvalue weighted by Gasteiger charge is 2.08. The number of hydrogen-bond acceptors (Lipinski definition) is 6. The van der Waals surface area contributed by atoms with Crippen molar-refractivity contribution in [3.63, 3.8) is 0 Å². The molecule has 0 saturated heterocycles. The Morgan fingerprint density at radius 2 is 0.818 bits per heavy atom. The van der Waals surface area contributed by atoms with E-state index in [1.54, 1.807) is 24.3 Å². The van der Waals surface area contributed by atoms with E-state index in [9.17, 15) is 9.59 Å². The Morgan fingerprint density at radius 1 is 0.500 bits per heavy atom. The second-order valence-corrected chi connectivity index (χ2v) is 11.9. The van der Waals surface area contributed by atoms with Crippen LogP contribution in [0.5, 0.6) is 0 Å². The van der Waals surface area contributed by atoms with Crippen molar-refractivity contribution in [2.45, 2.75) is 130 Å². The molecule has 8 heteroatoms. The number of nitrogens with zero attached hydrogens (tertiary/aromatic N) is 2. The van der Waals surface area contributed by atoms with Gasteiger partial charge in [0.2, 0.25) is 0 Å². The molecule has 0 bridgehead atoms. The van der Waals surface area contributed by atoms with Gasteiger partial charge in [0.05, 0.1) is 13.2 Å². The van der Waals surface area contributed by atoms with Crippen molar-refractivity contribution in [2.24, 2.45) is 0 Å². The maximum Gasteiger partial charge on any atom is 0.411 e. The Labute approximate surface area is 270 Å². The van der Waals surface area contributed by atoms with Crippen LogP contribution in [0, 0.1) is 0 Å². The van der Waals surface area contributed by atoms with Gasteiger partial charge in [-0.15, -0.1) is 0 Å². The normalized spacial score (nSPS) is 11.2. The average molecular weight is 619 g/mol. The minimum absolute atomic E-state index is 0.389. The number of rotatable bonds is 28. The monoisotopic (exact) mass is 619 g/mol. The van der Waals surface area contributed by atoms with Gasteiger partial charge in [0, 0.05) is 24.5 Å². The lowest BCUT2D eigenvalue weighted by Crippen LogP contribution is -2.27. The topological polar surface area (TPSA) is 83.1 Å². The zero-order chi connectivity index (χ0) is 32.1. The molecule has 2 amide bonds. The quantitative estimate of drug-likeness (QED) is 0.0910. The molecule has 2 N–H and O–H groups in total. The molecule has 1 aromatic carbocycles. The van der Waals surface area contributed by atoms with E-state index in [1.807, 2.05) is 0 Å². The zero-order valence-electron chi connectivity index (χ0n) is 28.8. The van der Waals surface area contributed by atoms with E-state index in [4.69, 9.17) is 9.47 Å². The van der Waals surface area contributed by atoms with Crippen LogP contribution in [0.3, 0.4) is 0 Å². The summed E-state index contributed by atoms with van der Waals surface area (Å²) >= 11 is 0. The Morgan fingerprint density at radius 3 is 1.16 bits per heavy atom. The van der Waals surface area contributed by atoms with Crippen molar-refractivity contribution in [2.75, 3.05) is 63.1 Å². The minimum atomic E-state index is -0.464. The lowest BCUT2D eigenvalue weighted by molar-refractivity contribution is 0.151. The number of hydrogen-bond donors (Lipinski definition) is 2. The Bertz CT molecular complexity index is 754. The van der Waals surface area contributed by atoms with Crippen molar-refractivity contribution in [3.8, 4) is 0 Å².